The zero-order valence-electron chi connectivity index (χ0n) is 9.66. The third kappa shape index (κ3) is 2.44. The predicted octanol–water partition coefficient (Wildman–Crippen LogP) is 3.24. The topological polar surface area (TPSA) is 48.1 Å². The molecule has 2 rings (SSSR count). The van der Waals surface area contributed by atoms with Gasteiger partial charge in [-0.05, 0) is 25.1 Å². The van der Waals surface area contributed by atoms with Crippen LogP contribution in [0, 0.1) is 6.92 Å². The van der Waals surface area contributed by atoms with Crippen molar-refractivity contribution in [2.45, 2.75) is 13.5 Å². The molecule has 1 heterocycles. The van der Waals surface area contributed by atoms with Crippen LogP contribution in [0.2, 0.25) is 5.02 Å². The fraction of sp³-hybridized carbons (Fsp3) is 0.250. The van der Waals surface area contributed by atoms with E-state index in [0.717, 1.165) is 26.9 Å². The first-order chi connectivity index (χ1) is 8.15. The summed E-state index contributed by atoms with van der Waals surface area (Å²) in [5.74, 6) is 0.770. The Balaban J connectivity index is 2.54. The second-order valence-electron chi connectivity index (χ2n) is 3.57. The smallest absolute Gasteiger partial charge is 0.129 e. The minimum Gasteiger partial charge on any atom is -0.496 e. The molecule has 90 valence electrons. The van der Waals surface area contributed by atoms with E-state index in [2.05, 4.69) is 4.98 Å². The monoisotopic (exact) mass is 268 g/mol. The Morgan fingerprint density at radius 2 is 2.24 bits per heavy atom. The van der Waals surface area contributed by atoms with Crippen molar-refractivity contribution in [3.05, 3.63) is 33.8 Å². The molecular weight excluding hydrogens is 256 g/mol. The number of hydrogen-bond donors (Lipinski definition) is 1. The summed E-state index contributed by atoms with van der Waals surface area (Å²) in [4.78, 5) is 5.63. The highest BCUT2D eigenvalue weighted by Crippen LogP contribution is 2.35. The predicted molar refractivity (Wildman–Crippen MR) is 71.7 cm³/mol. The van der Waals surface area contributed by atoms with E-state index in [-0.39, 0.29) is 0 Å². The van der Waals surface area contributed by atoms with Gasteiger partial charge in [0, 0.05) is 16.4 Å². The summed E-state index contributed by atoms with van der Waals surface area (Å²) in [6, 6.07) is 5.50. The molecule has 0 saturated heterocycles. The Morgan fingerprint density at radius 3 is 2.82 bits per heavy atom. The third-order valence-electron chi connectivity index (χ3n) is 2.48. The molecular formula is C12H13ClN2OS. The van der Waals surface area contributed by atoms with Crippen LogP contribution >= 0.6 is 22.9 Å². The van der Waals surface area contributed by atoms with Gasteiger partial charge < -0.3 is 10.5 Å². The van der Waals surface area contributed by atoms with Crippen LogP contribution in [0.5, 0.6) is 5.75 Å². The highest BCUT2D eigenvalue weighted by atomic mass is 35.5. The SMILES string of the molecule is COc1ccc(Cl)cc1-c1nc(CN)c(C)s1. The number of methoxy groups -OCH3 is 1. The summed E-state index contributed by atoms with van der Waals surface area (Å²) in [5, 5.41) is 1.56. The van der Waals surface area contributed by atoms with Gasteiger partial charge in [0.25, 0.3) is 0 Å². The van der Waals surface area contributed by atoms with E-state index < -0.39 is 0 Å². The second kappa shape index (κ2) is 5.04. The second-order valence-corrected chi connectivity index (χ2v) is 5.21. The normalized spacial score (nSPS) is 10.6. The number of hydrogen-bond acceptors (Lipinski definition) is 4. The van der Waals surface area contributed by atoms with E-state index in [1.807, 2.05) is 19.1 Å². The lowest BCUT2D eigenvalue weighted by atomic mass is 10.2. The van der Waals surface area contributed by atoms with E-state index in [1.165, 1.54) is 0 Å². The molecule has 3 nitrogen and oxygen atoms in total. The van der Waals surface area contributed by atoms with Crippen LogP contribution in [0.1, 0.15) is 10.6 Å². The van der Waals surface area contributed by atoms with Crippen molar-refractivity contribution in [2.24, 2.45) is 5.73 Å². The standard InChI is InChI=1S/C12H13ClN2OS/c1-7-10(6-14)15-12(17-7)9-5-8(13)3-4-11(9)16-2/h3-5H,6,14H2,1-2H3. The van der Waals surface area contributed by atoms with E-state index in [1.54, 1.807) is 24.5 Å². The number of ether oxygens (including phenoxy) is 1. The van der Waals surface area contributed by atoms with Crippen molar-refractivity contribution in [3.8, 4) is 16.3 Å². The van der Waals surface area contributed by atoms with Gasteiger partial charge in [-0.2, -0.15) is 0 Å². The third-order valence-corrected chi connectivity index (χ3v) is 3.76. The van der Waals surface area contributed by atoms with Gasteiger partial charge in [-0.25, -0.2) is 4.98 Å². The van der Waals surface area contributed by atoms with Crippen LogP contribution in [0.25, 0.3) is 10.6 Å². The van der Waals surface area contributed by atoms with Crippen molar-refractivity contribution < 1.29 is 4.74 Å². The summed E-state index contributed by atoms with van der Waals surface area (Å²) in [5.41, 5.74) is 7.46. The maximum Gasteiger partial charge on any atom is 0.129 e. The number of nitrogens with two attached hydrogens (primary N) is 1. The molecule has 0 atom stereocenters. The van der Waals surface area contributed by atoms with E-state index in [9.17, 15) is 0 Å². The van der Waals surface area contributed by atoms with E-state index in [0.29, 0.717) is 11.6 Å². The fourth-order valence-corrected chi connectivity index (χ4v) is 2.71. The van der Waals surface area contributed by atoms with Crippen LogP contribution in [0.4, 0.5) is 0 Å². The molecule has 0 unspecified atom stereocenters. The Labute approximate surface area is 109 Å². The largest absolute Gasteiger partial charge is 0.496 e. The van der Waals surface area contributed by atoms with Crippen molar-refractivity contribution >= 4 is 22.9 Å². The quantitative estimate of drug-likeness (QED) is 0.930. The molecule has 0 aliphatic heterocycles. The lowest BCUT2D eigenvalue weighted by Crippen LogP contribution is -1.98. The molecule has 2 N–H and O–H groups in total. The average molecular weight is 269 g/mol. The van der Waals surface area contributed by atoms with Gasteiger partial charge in [-0.15, -0.1) is 11.3 Å². The molecule has 1 aromatic carbocycles. The summed E-state index contributed by atoms with van der Waals surface area (Å²) < 4.78 is 5.31. The summed E-state index contributed by atoms with van der Waals surface area (Å²) >= 11 is 7.60. The van der Waals surface area contributed by atoms with Crippen molar-refractivity contribution in [2.75, 3.05) is 7.11 Å². The summed E-state index contributed by atoms with van der Waals surface area (Å²) in [6.07, 6.45) is 0. The molecule has 5 heteroatoms. The van der Waals surface area contributed by atoms with Crippen LogP contribution < -0.4 is 10.5 Å². The number of rotatable bonds is 3. The minimum absolute atomic E-state index is 0.450. The maximum absolute atomic E-state index is 6.00. The van der Waals surface area contributed by atoms with Gasteiger partial charge in [0.15, 0.2) is 0 Å². The van der Waals surface area contributed by atoms with Gasteiger partial charge in [0.2, 0.25) is 0 Å². The lowest BCUT2D eigenvalue weighted by molar-refractivity contribution is 0.416. The molecule has 2 aromatic rings. The minimum atomic E-state index is 0.450. The van der Waals surface area contributed by atoms with Crippen LogP contribution in [0.15, 0.2) is 18.2 Å². The highest BCUT2D eigenvalue weighted by Gasteiger charge is 2.13. The van der Waals surface area contributed by atoms with Gasteiger partial charge in [-0.1, -0.05) is 11.6 Å². The van der Waals surface area contributed by atoms with Gasteiger partial charge in [0.1, 0.15) is 10.8 Å². The van der Waals surface area contributed by atoms with Crippen LogP contribution in [0.3, 0.4) is 0 Å². The molecule has 0 fully saturated rings. The summed E-state index contributed by atoms with van der Waals surface area (Å²) in [7, 11) is 1.64. The molecule has 0 amide bonds. The lowest BCUT2D eigenvalue weighted by Gasteiger charge is -2.05. The van der Waals surface area contributed by atoms with Gasteiger partial charge >= 0.3 is 0 Å². The summed E-state index contributed by atoms with van der Waals surface area (Å²) in [6.45, 7) is 2.46. The van der Waals surface area contributed by atoms with E-state index >= 15 is 0 Å². The number of aryl methyl sites for hydroxylation is 1. The molecule has 0 saturated carbocycles. The average Bonchev–Trinajstić information content (AvgIpc) is 2.70. The van der Waals surface area contributed by atoms with E-state index in [4.69, 9.17) is 22.1 Å². The Kier molecular flexibility index (Phi) is 3.66. The number of halogens is 1. The Bertz CT molecular complexity index is 539. The molecule has 0 bridgehead atoms. The number of aromatic nitrogens is 1. The Morgan fingerprint density at radius 1 is 1.47 bits per heavy atom. The van der Waals surface area contributed by atoms with Crippen molar-refractivity contribution in [1.82, 2.24) is 4.98 Å². The molecule has 0 aliphatic carbocycles. The number of nitrogens with zero attached hydrogens (tertiary/aromatic N) is 1. The molecule has 1 aromatic heterocycles. The van der Waals surface area contributed by atoms with Gasteiger partial charge in [0.05, 0.1) is 18.4 Å². The highest BCUT2D eigenvalue weighted by molar-refractivity contribution is 7.15. The fourth-order valence-electron chi connectivity index (χ4n) is 1.58. The van der Waals surface area contributed by atoms with Crippen LogP contribution in [-0.2, 0) is 6.54 Å². The first-order valence-corrected chi connectivity index (χ1v) is 6.35. The van der Waals surface area contributed by atoms with Gasteiger partial charge in [-0.3, -0.25) is 0 Å². The van der Waals surface area contributed by atoms with Crippen molar-refractivity contribution in [3.63, 3.8) is 0 Å². The number of thiazole rings is 1. The molecule has 0 radical (unpaired) electrons. The zero-order chi connectivity index (χ0) is 12.4. The van der Waals surface area contributed by atoms with Crippen LogP contribution in [-0.4, -0.2) is 12.1 Å². The molecule has 0 aliphatic rings. The first kappa shape index (κ1) is 12.4. The molecule has 0 spiro atoms. The first-order valence-electron chi connectivity index (χ1n) is 5.16. The zero-order valence-corrected chi connectivity index (χ0v) is 11.2. The maximum atomic E-state index is 6.00. The van der Waals surface area contributed by atoms with Crippen molar-refractivity contribution in [1.29, 1.82) is 0 Å². The molecule has 17 heavy (non-hydrogen) atoms. The number of benzene rings is 1. The Hall–Kier alpha value is -1.10.